The summed E-state index contributed by atoms with van der Waals surface area (Å²) in [5, 5.41) is 6.62. The van der Waals surface area contributed by atoms with Crippen molar-refractivity contribution in [1.82, 2.24) is 15.5 Å². The normalized spacial score (nSPS) is 11.0. The number of hydrogen-bond acceptors (Lipinski definition) is 4. The van der Waals surface area contributed by atoms with Crippen LogP contribution < -0.4 is 20.1 Å². The molecule has 0 atom stereocenters. The number of carbonyl (C=O) groups is 1. The standard InChI is InChI=1S/C23H32N4O3/c1-5-24-23(25-14-13-19-10-6-7-12-21(19)29-4)26-16-18-9-8-11-20(15-18)30-17-22(28)27(2)3/h6-12,15H,5,13-14,16-17H2,1-4H3,(H2,24,25,26). The molecule has 2 aromatic carbocycles. The summed E-state index contributed by atoms with van der Waals surface area (Å²) in [7, 11) is 5.10. The molecule has 0 bridgehead atoms. The van der Waals surface area contributed by atoms with Crippen molar-refractivity contribution in [2.75, 3.05) is 40.9 Å². The first-order valence-corrected chi connectivity index (χ1v) is 10.1. The Hall–Kier alpha value is -3.22. The minimum absolute atomic E-state index is 0.0207. The average Bonchev–Trinajstić information content (AvgIpc) is 2.76. The lowest BCUT2D eigenvalue weighted by Crippen LogP contribution is -2.38. The van der Waals surface area contributed by atoms with Gasteiger partial charge in [-0.05, 0) is 42.7 Å². The number of nitrogens with zero attached hydrogens (tertiary/aromatic N) is 2. The number of ether oxygens (including phenoxy) is 2. The second-order valence-electron chi connectivity index (χ2n) is 6.91. The van der Waals surface area contributed by atoms with Gasteiger partial charge in [-0.25, -0.2) is 4.99 Å². The molecular weight excluding hydrogens is 380 g/mol. The zero-order valence-corrected chi connectivity index (χ0v) is 18.3. The lowest BCUT2D eigenvalue weighted by molar-refractivity contribution is -0.130. The maximum absolute atomic E-state index is 11.7. The van der Waals surface area contributed by atoms with Crippen molar-refractivity contribution >= 4 is 11.9 Å². The van der Waals surface area contributed by atoms with Crippen molar-refractivity contribution in [3.8, 4) is 11.5 Å². The van der Waals surface area contributed by atoms with E-state index in [1.54, 1.807) is 21.2 Å². The summed E-state index contributed by atoms with van der Waals surface area (Å²) in [6.07, 6.45) is 0.831. The zero-order chi connectivity index (χ0) is 21.8. The maximum atomic E-state index is 11.7. The van der Waals surface area contributed by atoms with E-state index < -0.39 is 0 Å². The van der Waals surface area contributed by atoms with E-state index in [0.29, 0.717) is 12.3 Å². The van der Waals surface area contributed by atoms with Crippen molar-refractivity contribution < 1.29 is 14.3 Å². The van der Waals surface area contributed by atoms with E-state index in [-0.39, 0.29) is 12.5 Å². The molecule has 0 aliphatic rings. The number of nitrogens with one attached hydrogen (secondary N) is 2. The number of amides is 1. The summed E-state index contributed by atoms with van der Waals surface area (Å²) in [5.74, 6) is 2.23. The molecule has 2 rings (SSSR count). The highest BCUT2D eigenvalue weighted by atomic mass is 16.5. The van der Waals surface area contributed by atoms with E-state index in [1.165, 1.54) is 4.90 Å². The highest BCUT2D eigenvalue weighted by Crippen LogP contribution is 2.17. The van der Waals surface area contributed by atoms with Crippen LogP contribution in [0, 0.1) is 0 Å². The molecule has 0 fully saturated rings. The molecule has 7 heteroatoms. The van der Waals surface area contributed by atoms with Gasteiger partial charge in [-0.2, -0.15) is 0 Å². The van der Waals surface area contributed by atoms with Crippen LogP contribution in [-0.2, 0) is 17.8 Å². The van der Waals surface area contributed by atoms with Gasteiger partial charge in [0.1, 0.15) is 11.5 Å². The van der Waals surface area contributed by atoms with E-state index in [2.05, 4.69) is 21.7 Å². The Bertz CT molecular complexity index is 837. The number of para-hydroxylation sites is 1. The van der Waals surface area contributed by atoms with Crippen LogP contribution in [0.1, 0.15) is 18.1 Å². The molecule has 1 amide bonds. The summed E-state index contributed by atoms with van der Waals surface area (Å²) >= 11 is 0. The van der Waals surface area contributed by atoms with Crippen LogP contribution in [0.4, 0.5) is 0 Å². The Morgan fingerprint density at radius 1 is 1.10 bits per heavy atom. The first-order chi connectivity index (χ1) is 14.5. The molecule has 0 heterocycles. The highest BCUT2D eigenvalue weighted by Gasteiger charge is 2.06. The van der Waals surface area contributed by atoms with Crippen LogP contribution in [0.25, 0.3) is 0 Å². The van der Waals surface area contributed by atoms with E-state index in [9.17, 15) is 4.79 Å². The van der Waals surface area contributed by atoms with Crippen LogP contribution in [0.2, 0.25) is 0 Å². The molecular formula is C23H32N4O3. The first-order valence-electron chi connectivity index (χ1n) is 10.1. The van der Waals surface area contributed by atoms with Gasteiger partial charge < -0.3 is 25.0 Å². The molecule has 0 aliphatic carbocycles. The molecule has 0 saturated heterocycles. The topological polar surface area (TPSA) is 75.2 Å². The predicted octanol–water partition coefficient (Wildman–Crippen LogP) is 2.46. The van der Waals surface area contributed by atoms with Crippen molar-refractivity contribution in [3.63, 3.8) is 0 Å². The molecule has 30 heavy (non-hydrogen) atoms. The largest absolute Gasteiger partial charge is 0.496 e. The lowest BCUT2D eigenvalue weighted by Gasteiger charge is -2.13. The van der Waals surface area contributed by atoms with Gasteiger partial charge in [-0.3, -0.25) is 4.79 Å². The fourth-order valence-corrected chi connectivity index (χ4v) is 2.74. The van der Waals surface area contributed by atoms with Crippen LogP contribution in [0.3, 0.4) is 0 Å². The number of carbonyl (C=O) groups excluding carboxylic acids is 1. The van der Waals surface area contributed by atoms with Crippen LogP contribution in [0.15, 0.2) is 53.5 Å². The molecule has 0 spiro atoms. The third-order valence-corrected chi connectivity index (χ3v) is 4.40. The molecule has 2 N–H and O–H groups in total. The molecule has 162 valence electrons. The summed E-state index contributed by atoms with van der Waals surface area (Å²) in [5.41, 5.74) is 2.16. The Morgan fingerprint density at radius 3 is 2.63 bits per heavy atom. The third kappa shape index (κ3) is 7.66. The number of likely N-dealkylation sites (N-methyl/N-ethyl adjacent to an activating group) is 1. The quantitative estimate of drug-likeness (QED) is 0.463. The van der Waals surface area contributed by atoms with Gasteiger partial charge in [-0.1, -0.05) is 30.3 Å². The number of guanidine groups is 1. The molecule has 0 radical (unpaired) electrons. The fraction of sp³-hybridized carbons (Fsp3) is 0.391. The number of methoxy groups -OCH3 is 1. The van der Waals surface area contributed by atoms with Crippen LogP contribution in [-0.4, -0.2) is 57.7 Å². The number of benzene rings is 2. The average molecular weight is 413 g/mol. The van der Waals surface area contributed by atoms with E-state index in [1.807, 2.05) is 49.4 Å². The Balaban J connectivity index is 1.92. The highest BCUT2D eigenvalue weighted by molar-refractivity contribution is 5.79. The van der Waals surface area contributed by atoms with Gasteiger partial charge in [0.15, 0.2) is 12.6 Å². The van der Waals surface area contributed by atoms with Gasteiger partial charge in [0.2, 0.25) is 0 Å². The Labute approximate surface area is 179 Å². The molecule has 0 aromatic heterocycles. The molecule has 0 aliphatic heterocycles. The monoisotopic (exact) mass is 412 g/mol. The number of hydrogen-bond donors (Lipinski definition) is 2. The minimum Gasteiger partial charge on any atom is -0.496 e. The second-order valence-corrected chi connectivity index (χ2v) is 6.91. The molecule has 7 nitrogen and oxygen atoms in total. The fourth-order valence-electron chi connectivity index (χ4n) is 2.74. The first kappa shape index (κ1) is 23.1. The van der Waals surface area contributed by atoms with E-state index in [4.69, 9.17) is 9.47 Å². The number of aliphatic imine (C=N–C) groups is 1. The van der Waals surface area contributed by atoms with Gasteiger partial charge in [0.05, 0.1) is 13.7 Å². The smallest absolute Gasteiger partial charge is 0.259 e. The third-order valence-electron chi connectivity index (χ3n) is 4.40. The molecule has 0 saturated carbocycles. The van der Waals surface area contributed by atoms with Crippen molar-refractivity contribution in [2.45, 2.75) is 19.9 Å². The number of rotatable bonds is 10. The summed E-state index contributed by atoms with van der Waals surface area (Å²) in [6, 6.07) is 15.7. The summed E-state index contributed by atoms with van der Waals surface area (Å²) in [4.78, 5) is 17.8. The predicted molar refractivity (Wildman–Crippen MR) is 120 cm³/mol. The second kappa shape index (κ2) is 12.4. The molecule has 0 unspecified atom stereocenters. The van der Waals surface area contributed by atoms with Crippen LogP contribution >= 0.6 is 0 Å². The van der Waals surface area contributed by atoms with E-state index in [0.717, 1.165) is 42.3 Å². The Morgan fingerprint density at radius 2 is 1.90 bits per heavy atom. The van der Waals surface area contributed by atoms with Gasteiger partial charge >= 0.3 is 0 Å². The molecule has 2 aromatic rings. The van der Waals surface area contributed by atoms with Crippen molar-refractivity contribution in [1.29, 1.82) is 0 Å². The minimum atomic E-state index is -0.0768. The zero-order valence-electron chi connectivity index (χ0n) is 18.3. The van der Waals surface area contributed by atoms with Gasteiger partial charge in [0, 0.05) is 27.2 Å². The van der Waals surface area contributed by atoms with Crippen molar-refractivity contribution in [3.05, 3.63) is 59.7 Å². The van der Waals surface area contributed by atoms with Gasteiger partial charge in [-0.15, -0.1) is 0 Å². The van der Waals surface area contributed by atoms with Crippen LogP contribution in [0.5, 0.6) is 11.5 Å². The van der Waals surface area contributed by atoms with Crippen molar-refractivity contribution in [2.24, 2.45) is 4.99 Å². The SMILES string of the molecule is CCNC(=NCc1cccc(OCC(=O)N(C)C)c1)NCCc1ccccc1OC. The Kier molecular flexibility index (Phi) is 9.51. The summed E-state index contributed by atoms with van der Waals surface area (Å²) < 4.78 is 11.0. The van der Waals surface area contributed by atoms with Gasteiger partial charge in [0.25, 0.3) is 5.91 Å². The van der Waals surface area contributed by atoms with E-state index >= 15 is 0 Å². The maximum Gasteiger partial charge on any atom is 0.259 e. The summed E-state index contributed by atoms with van der Waals surface area (Å²) in [6.45, 7) is 4.07. The lowest BCUT2D eigenvalue weighted by atomic mass is 10.1.